The Kier molecular flexibility index (Phi) is 5.46. The lowest BCUT2D eigenvalue weighted by Crippen LogP contribution is -2.25. The van der Waals surface area contributed by atoms with Crippen molar-refractivity contribution in [1.29, 1.82) is 0 Å². The number of halogens is 2. The van der Waals surface area contributed by atoms with E-state index in [0.29, 0.717) is 12.0 Å². The predicted octanol–water partition coefficient (Wildman–Crippen LogP) is 5.65. The van der Waals surface area contributed by atoms with E-state index >= 15 is 0 Å². The van der Waals surface area contributed by atoms with Crippen LogP contribution in [0.3, 0.4) is 0 Å². The van der Waals surface area contributed by atoms with Crippen molar-refractivity contribution in [2.45, 2.75) is 26.4 Å². The standard InChI is InChI=1S/C15H17BrClNS/c1-10(2)15(11-3-5-12(17)6-4-11)18-9-14-13(16)7-8-19-14/h3-8,10,15,18H,9H2,1-2H3. The number of benzene rings is 1. The van der Waals surface area contributed by atoms with Gasteiger partial charge in [0.15, 0.2) is 0 Å². The second-order valence-electron chi connectivity index (χ2n) is 4.85. The first-order chi connectivity index (χ1) is 9.08. The fourth-order valence-electron chi connectivity index (χ4n) is 2.06. The van der Waals surface area contributed by atoms with Crippen LogP contribution in [0.2, 0.25) is 5.02 Å². The van der Waals surface area contributed by atoms with Crippen LogP contribution in [-0.2, 0) is 6.54 Å². The van der Waals surface area contributed by atoms with Crippen LogP contribution in [0.1, 0.15) is 30.3 Å². The highest BCUT2D eigenvalue weighted by molar-refractivity contribution is 9.10. The fraction of sp³-hybridized carbons (Fsp3) is 0.333. The zero-order valence-corrected chi connectivity index (χ0v) is 14.1. The maximum atomic E-state index is 5.95. The van der Waals surface area contributed by atoms with Gasteiger partial charge in [-0.05, 0) is 51.0 Å². The smallest absolute Gasteiger partial charge is 0.0406 e. The number of hydrogen-bond acceptors (Lipinski definition) is 2. The van der Waals surface area contributed by atoms with Gasteiger partial charge in [0.1, 0.15) is 0 Å². The van der Waals surface area contributed by atoms with Crippen LogP contribution in [0.15, 0.2) is 40.2 Å². The van der Waals surface area contributed by atoms with E-state index in [4.69, 9.17) is 11.6 Å². The normalized spacial score (nSPS) is 12.9. The summed E-state index contributed by atoms with van der Waals surface area (Å²) in [5, 5.41) is 6.52. The molecule has 0 radical (unpaired) electrons. The van der Waals surface area contributed by atoms with Gasteiger partial charge in [0.2, 0.25) is 0 Å². The van der Waals surface area contributed by atoms with Gasteiger partial charge >= 0.3 is 0 Å². The molecule has 0 bridgehead atoms. The Labute approximate surface area is 132 Å². The second kappa shape index (κ2) is 6.89. The number of thiophene rings is 1. The minimum absolute atomic E-state index is 0.339. The number of rotatable bonds is 5. The summed E-state index contributed by atoms with van der Waals surface area (Å²) < 4.78 is 1.18. The third-order valence-corrected chi connectivity index (χ3v) is 5.25. The van der Waals surface area contributed by atoms with Crippen LogP contribution in [0, 0.1) is 5.92 Å². The summed E-state index contributed by atoms with van der Waals surface area (Å²) in [6.07, 6.45) is 0. The zero-order chi connectivity index (χ0) is 13.8. The molecule has 1 unspecified atom stereocenters. The zero-order valence-electron chi connectivity index (χ0n) is 11.0. The Morgan fingerprint density at radius 2 is 1.89 bits per heavy atom. The first-order valence-electron chi connectivity index (χ1n) is 6.28. The van der Waals surface area contributed by atoms with Crippen LogP contribution >= 0.6 is 38.9 Å². The molecule has 0 amide bonds. The van der Waals surface area contributed by atoms with Crippen LogP contribution in [0.5, 0.6) is 0 Å². The molecule has 4 heteroatoms. The van der Waals surface area contributed by atoms with Crippen molar-refractivity contribution < 1.29 is 0 Å². The van der Waals surface area contributed by atoms with Crippen LogP contribution in [0.25, 0.3) is 0 Å². The molecule has 19 heavy (non-hydrogen) atoms. The molecule has 1 heterocycles. The average Bonchev–Trinajstić information content (AvgIpc) is 2.77. The van der Waals surface area contributed by atoms with Crippen molar-refractivity contribution in [2.75, 3.05) is 0 Å². The minimum Gasteiger partial charge on any atom is -0.305 e. The lowest BCUT2D eigenvalue weighted by atomic mass is 9.96. The molecular weight excluding hydrogens is 342 g/mol. The summed E-state index contributed by atoms with van der Waals surface area (Å²) >= 11 is 11.3. The maximum absolute atomic E-state index is 5.95. The van der Waals surface area contributed by atoms with Crippen molar-refractivity contribution in [3.8, 4) is 0 Å². The Bertz CT molecular complexity index is 521. The van der Waals surface area contributed by atoms with Crippen molar-refractivity contribution in [1.82, 2.24) is 5.32 Å². The summed E-state index contributed by atoms with van der Waals surface area (Å²) in [7, 11) is 0. The second-order valence-corrected chi connectivity index (χ2v) is 7.14. The van der Waals surface area contributed by atoms with E-state index in [9.17, 15) is 0 Å². The summed E-state index contributed by atoms with van der Waals surface area (Å²) in [5.41, 5.74) is 1.28. The lowest BCUT2D eigenvalue weighted by Gasteiger charge is -2.23. The van der Waals surface area contributed by atoms with Crippen LogP contribution in [-0.4, -0.2) is 0 Å². The summed E-state index contributed by atoms with van der Waals surface area (Å²) in [6, 6.07) is 10.5. The Balaban J connectivity index is 2.08. The first-order valence-corrected chi connectivity index (χ1v) is 8.33. The average molecular weight is 359 g/mol. The fourth-order valence-corrected chi connectivity index (χ4v) is 3.63. The van der Waals surface area contributed by atoms with Gasteiger partial charge in [-0.25, -0.2) is 0 Å². The van der Waals surface area contributed by atoms with E-state index in [0.717, 1.165) is 11.6 Å². The highest BCUT2D eigenvalue weighted by atomic mass is 79.9. The van der Waals surface area contributed by atoms with Gasteiger partial charge in [-0.3, -0.25) is 0 Å². The maximum Gasteiger partial charge on any atom is 0.0406 e. The Morgan fingerprint density at radius 3 is 2.42 bits per heavy atom. The van der Waals surface area contributed by atoms with E-state index < -0.39 is 0 Å². The molecule has 0 saturated heterocycles. The van der Waals surface area contributed by atoms with Gasteiger partial charge in [-0.15, -0.1) is 11.3 Å². The molecule has 1 aromatic heterocycles. The largest absolute Gasteiger partial charge is 0.305 e. The molecule has 102 valence electrons. The molecule has 1 atom stereocenters. The predicted molar refractivity (Wildman–Crippen MR) is 87.9 cm³/mol. The number of hydrogen-bond donors (Lipinski definition) is 1. The highest BCUT2D eigenvalue weighted by Gasteiger charge is 2.15. The monoisotopic (exact) mass is 357 g/mol. The molecule has 0 aliphatic heterocycles. The molecule has 2 aromatic rings. The van der Waals surface area contributed by atoms with Gasteiger partial charge in [-0.2, -0.15) is 0 Å². The Hall–Kier alpha value is -0.350. The lowest BCUT2D eigenvalue weighted by molar-refractivity contribution is 0.412. The Morgan fingerprint density at radius 1 is 1.21 bits per heavy atom. The van der Waals surface area contributed by atoms with Crippen molar-refractivity contribution in [3.05, 3.63) is 55.6 Å². The quantitative estimate of drug-likeness (QED) is 0.728. The molecule has 1 aromatic carbocycles. The summed E-state index contributed by atoms with van der Waals surface area (Å²) in [4.78, 5) is 1.33. The third-order valence-electron chi connectivity index (χ3n) is 3.07. The highest BCUT2D eigenvalue weighted by Crippen LogP contribution is 2.26. The van der Waals surface area contributed by atoms with E-state index in [1.807, 2.05) is 12.1 Å². The molecule has 0 aliphatic rings. The van der Waals surface area contributed by atoms with Gasteiger partial charge in [-0.1, -0.05) is 37.6 Å². The topological polar surface area (TPSA) is 12.0 Å². The molecule has 2 rings (SSSR count). The number of nitrogens with one attached hydrogen (secondary N) is 1. The van der Waals surface area contributed by atoms with E-state index in [-0.39, 0.29) is 0 Å². The molecule has 0 fully saturated rings. The van der Waals surface area contributed by atoms with E-state index in [1.54, 1.807) is 11.3 Å². The van der Waals surface area contributed by atoms with Crippen LogP contribution < -0.4 is 5.32 Å². The first kappa shape index (κ1) is 15.0. The SMILES string of the molecule is CC(C)C(NCc1sccc1Br)c1ccc(Cl)cc1. The third kappa shape index (κ3) is 4.06. The van der Waals surface area contributed by atoms with Crippen LogP contribution in [0.4, 0.5) is 0 Å². The van der Waals surface area contributed by atoms with Gasteiger partial charge < -0.3 is 5.32 Å². The van der Waals surface area contributed by atoms with E-state index in [2.05, 4.69) is 58.7 Å². The van der Waals surface area contributed by atoms with E-state index in [1.165, 1.54) is 14.9 Å². The molecule has 0 saturated carbocycles. The molecule has 0 spiro atoms. The molecule has 1 N–H and O–H groups in total. The minimum atomic E-state index is 0.339. The summed E-state index contributed by atoms with van der Waals surface area (Å²) in [6.45, 7) is 5.34. The van der Waals surface area contributed by atoms with Crippen molar-refractivity contribution in [2.24, 2.45) is 5.92 Å². The van der Waals surface area contributed by atoms with Crippen molar-refractivity contribution >= 4 is 38.9 Å². The molecule has 0 aliphatic carbocycles. The van der Waals surface area contributed by atoms with Gasteiger partial charge in [0, 0.05) is 27.0 Å². The molecule has 1 nitrogen and oxygen atoms in total. The van der Waals surface area contributed by atoms with Gasteiger partial charge in [0.25, 0.3) is 0 Å². The summed E-state index contributed by atoms with van der Waals surface area (Å²) in [5.74, 6) is 0.528. The van der Waals surface area contributed by atoms with Crippen molar-refractivity contribution in [3.63, 3.8) is 0 Å². The van der Waals surface area contributed by atoms with Gasteiger partial charge in [0.05, 0.1) is 0 Å². The molecular formula is C15H17BrClNS.